The molecular weight excluding hydrogens is 290 g/mol. The van der Waals surface area contributed by atoms with Gasteiger partial charge in [-0.15, -0.1) is 11.3 Å². The van der Waals surface area contributed by atoms with Gasteiger partial charge in [0.25, 0.3) is 0 Å². The lowest BCUT2D eigenvalue weighted by molar-refractivity contribution is 0.179. The molecule has 1 aromatic carbocycles. The molecular formula is C19H21NOS. The van der Waals surface area contributed by atoms with Crippen LogP contribution >= 0.6 is 11.3 Å². The van der Waals surface area contributed by atoms with E-state index in [1.165, 1.54) is 21.6 Å². The van der Waals surface area contributed by atoms with Gasteiger partial charge >= 0.3 is 0 Å². The lowest BCUT2D eigenvalue weighted by Gasteiger charge is -2.27. The molecule has 4 rings (SSSR count). The summed E-state index contributed by atoms with van der Waals surface area (Å²) in [4.78, 5) is 3.72. The number of piperidine rings is 1. The first kappa shape index (κ1) is 14.2. The number of aliphatic hydroxyl groups excluding tert-OH is 1. The molecule has 2 aromatic rings. The number of hydrogen-bond acceptors (Lipinski definition) is 3. The van der Waals surface area contributed by atoms with Crippen LogP contribution in [0.3, 0.4) is 0 Å². The Morgan fingerprint density at radius 2 is 1.86 bits per heavy atom. The largest absolute Gasteiger partial charge is 0.388 e. The Labute approximate surface area is 135 Å². The van der Waals surface area contributed by atoms with Gasteiger partial charge in [0.1, 0.15) is 0 Å². The molecule has 1 aliphatic carbocycles. The summed E-state index contributed by atoms with van der Waals surface area (Å²) in [5, 5.41) is 12.8. The molecule has 1 aromatic heterocycles. The molecule has 3 heteroatoms. The van der Waals surface area contributed by atoms with E-state index in [4.69, 9.17) is 0 Å². The molecule has 0 amide bonds. The molecule has 1 atom stereocenters. The van der Waals surface area contributed by atoms with Gasteiger partial charge in [-0.1, -0.05) is 29.8 Å². The van der Waals surface area contributed by atoms with Gasteiger partial charge in [-0.05, 0) is 53.6 Å². The molecule has 1 saturated heterocycles. The Bertz CT molecular complexity index is 721. The minimum atomic E-state index is -0.391. The molecule has 2 heterocycles. The Balaban J connectivity index is 1.94. The van der Waals surface area contributed by atoms with Crippen LogP contribution in [0.4, 0.5) is 0 Å². The Hall–Kier alpha value is -1.42. The summed E-state index contributed by atoms with van der Waals surface area (Å²) >= 11 is 1.78. The average Bonchev–Trinajstić information content (AvgIpc) is 2.93. The monoisotopic (exact) mass is 311 g/mol. The highest BCUT2D eigenvalue weighted by molar-refractivity contribution is 7.10. The van der Waals surface area contributed by atoms with Crippen LogP contribution in [0.1, 0.15) is 40.5 Å². The molecule has 2 aliphatic rings. The second-order valence-corrected chi connectivity index (χ2v) is 7.35. The second kappa shape index (κ2) is 5.65. The van der Waals surface area contributed by atoms with E-state index in [0.717, 1.165) is 37.9 Å². The van der Waals surface area contributed by atoms with Crippen molar-refractivity contribution in [3.8, 4) is 0 Å². The number of fused-ring (bicyclic) bond motifs is 2. The Kier molecular flexibility index (Phi) is 3.65. The zero-order valence-electron chi connectivity index (χ0n) is 12.9. The predicted octanol–water partition coefficient (Wildman–Crippen LogP) is 3.87. The Morgan fingerprint density at radius 3 is 2.68 bits per heavy atom. The molecule has 1 fully saturated rings. The van der Waals surface area contributed by atoms with Gasteiger partial charge < -0.3 is 10.0 Å². The SMILES string of the molecule is CN1CCC(=C2c3ccccc3[C@@H](O)Cc3sccc32)CC1. The molecule has 22 heavy (non-hydrogen) atoms. The van der Waals surface area contributed by atoms with Crippen molar-refractivity contribution in [3.05, 3.63) is 62.9 Å². The number of benzene rings is 1. The lowest BCUT2D eigenvalue weighted by Crippen LogP contribution is -2.27. The standard InChI is InChI=1S/C19H21NOS/c1-20-9-6-13(7-10-20)19-15-5-3-2-4-14(15)17(21)12-18-16(19)8-11-22-18/h2-5,8,11,17,21H,6-7,9-10,12H2,1H3/t17-/m0/s1. The molecule has 0 spiro atoms. The van der Waals surface area contributed by atoms with Gasteiger partial charge in [0.2, 0.25) is 0 Å². The van der Waals surface area contributed by atoms with E-state index in [1.807, 2.05) is 6.07 Å². The summed E-state index contributed by atoms with van der Waals surface area (Å²) in [6.07, 6.45) is 2.61. The van der Waals surface area contributed by atoms with E-state index in [-0.39, 0.29) is 0 Å². The number of thiophene rings is 1. The molecule has 1 N–H and O–H groups in total. The van der Waals surface area contributed by atoms with Gasteiger partial charge in [0.05, 0.1) is 6.10 Å². The smallest absolute Gasteiger partial charge is 0.0844 e. The van der Waals surface area contributed by atoms with Crippen LogP contribution in [0.15, 0.2) is 41.3 Å². The van der Waals surface area contributed by atoms with Crippen molar-refractivity contribution in [2.24, 2.45) is 0 Å². The molecule has 114 valence electrons. The van der Waals surface area contributed by atoms with Crippen LogP contribution < -0.4 is 0 Å². The number of rotatable bonds is 0. The molecule has 0 saturated carbocycles. The third kappa shape index (κ3) is 2.34. The van der Waals surface area contributed by atoms with Crippen LogP contribution in [-0.4, -0.2) is 30.1 Å². The lowest BCUT2D eigenvalue weighted by atomic mass is 9.87. The van der Waals surface area contributed by atoms with Gasteiger partial charge in [0, 0.05) is 24.4 Å². The van der Waals surface area contributed by atoms with E-state index in [0.29, 0.717) is 0 Å². The van der Waals surface area contributed by atoms with E-state index >= 15 is 0 Å². The van der Waals surface area contributed by atoms with Crippen LogP contribution in [-0.2, 0) is 6.42 Å². The highest BCUT2D eigenvalue weighted by Crippen LogP contribution is 2.42. The summed E-state index contributed by atoms with van der Waals surface area (Å²) in [7, 11) is 2.20. The topological polar surface area (TPSA) is 23.5 Å². The Morgan fingerprint density at radius 1 is 1.09 bits per heavy atom. The quantitative estimate of drug-likeness (QED) is 0.798. The highest BCUT2D eigenvalue weighted by Gasteiger charge is 2.27. The molecule has 0 unspecified atom stereocenters. The zero-order valence-corrected chi connectivity index (χ0v) is 13.7. The van der Waals surface area contributed by atoms with Crippen molar-refractivity contribution in [2.75, 3.05) is 20.1 Å². The van der Waals surface area contributed by atoms with E-state index in [1.54, 1.807) is 16.9 Å². The van der Waals surface area contributed by atoms with Crippen molar-refractivity contribution in [1.82, 2.24) is 4.90 Å². The second-order valence-electron chi connectivity index (χ2n) is 6.35. The average molecular weight is 311 g/mol. The first-order valence-corrected chi connectivity index (χ1v) is 8.86. The number of hydrogen-bond donors (Lipinski definition) is 1. The number of likely N-dealkylation sites (tertiary alicyclic amines) is 1. The van der Waals surface area contributed by atoms with Crippen LogP contribution in [0.5, 0.6) is 0 Å². The molecule has 0 bridgehead atoms. The first-order valence-electron chi connectivity index (χ1n) is 7.98. The summed E-state index contributed by atoms with van der Waals surface area (Å²) in [6.45, 7) is 2.26. The van der Waals surface area contributed by atoms with Crippen molar-refractivity contribution < 1.29 is 5.11 Å². The van der Waals surface area contributed by atoms with Crippen molar-refractivity contribution in [2.45, 2.75) is 25.4 Å². The molecule has 0 radical (unpaired) electrons. The van der Waals surface area contributed by atoms with E-state index < -0.39 is 6.10 Å². The zero-order chi connectivity index (χ0) is 15.1. The maximum atomic E-state index is 10.6. The van der Waals surface area contributed by atoms with E-state index in [2.05, 4.69) is 41.6 Å². The van der Waals surface area contributed by atoms with Crippen molar-refractivity contribution in [1.29, 1.82) is 0 Å². The molecule has 1 aliphatic heterocycles. The van der Waals surface area contributed by atoms with Crippen molar-refractivity contribution >= 4 is 16.9 Å². The first-order chi connectivity index (χ1) is 10.7. The van der Waals surface area contributed by atoms with Gasteiger partial charge in [-0.2, -0.15) is 0 Å². The highest BCUT2D eigenvalue weighted by atomic mass is 32.1. The van der Waals surface area contributed by atoms with Crippen molar-refractivity contribution in [3.63, 3.8) is 0 Å². The fourth-order valence-electron chi connectivity index (χ4n) is 3.69. The molecule has 2 nitrogen and oxygen atoms in total. The van der Waals surface area contributed by atoms with Crippen LogP contribution in [0.2, 0.25) is 0 Å². The summed E-state index contributed by atoms with van der Waals surface area (Å²) < 4.78 is 0. The van der Waals surface area contributed by atoms with Gasteiger partial charge in [-0.25, -0.2) is 0 Å². The summed E-state index contributed by atoms with van der Waals surface area (Å²) in [6, 6.07) is 10.7. The summed E-state index contributed by atoms with van der Waals surface area (Å²) in [5.41, 5.74) is 6.64. The number of aliphatic hydroxyl groups is 1. The normalized spacial score (nSPS) is 22.2. The third-order valence-electron chi connectivity index (χ3n) is 4.93. The summed E-state index contributed by atoms with van der Waals surface area (Å²) in [5.74, 6) is 0. The van der Waals surface area contributed by atoms with Gasteiger partial charge in [0.15, 0.2) is 0 Å². The predicted molar refractivity (Wildman–Crippen MR) is 92.2 cm³/mol. The maximum Gasteiger partial charge on any atom is 0.0844 e. The fourth-order valence-corrected chi connectivity index (χ4v) is 4.61. The van der Waals surface area contributed by atoms with Gasteiger partial charge in [-0.3, -0.25) is 0 Å². The van der Waals surface area contributed by atoms with Crippen LogP contribution in [0.25, 0.3) is 5.57 Å². The number of nitrogens with zero attached hydrogens (tertiary/aromatic N) is 1. The van der Waals surface area contributed by atoms with E-state index in [9.17, 15) is 5.11 Å². The maximum absolute atomic E-state index is 10.6. The minimum Gasteiger partial charge on any atom is -0.388 e. The van der Waals surface area contributed by atoms with Crippen LogP contribution in [0, 0.1) is 0 Å². The third-order valence-corrected chi connectivity index (χ3v) is 5.87. The minimum absolute atomic E-state index is 0.391. The fraction of sp³-hybridized carbons (Fsp3) is 0.368.